The van der Waals surface area contributed by atoms with Crippen molar-refractivity contribution in [3.05, 3.63) is 41.4 Å². The molecule has 0 saturated heterocycles. The lowest BCUT2D eigenvalue weighted by molar-refractivity contribution is 0.618. The molecule has 1 N–H and O–H groups in total. The van der Waals surface area contributed by atoms with Gasteiger partial charge in [-0.1, -0.05) is 17.7 Å². The molecule has 0 spiro atoms. The fourth-order valence-electron chi connectivity index (χ4n) is 1.54. The smallest absolute Gasteiger partial charge is 0.207 e. The average molecular weight is 254 g/mol. The van der Waals surface area contributed by atoms with Crippen LogP contribution in [0, 0.1) is 5.82 Å². The largest absolute Gasteiger partial charge is 0.353 e. The van der Waals surface area contributed by atoms with E-state index in [2.05, 4.69) is 10.3 Å². The van der Waals surface area contributed by atoms with Gasteiger partial charge >= 0.3 is 0 Å². The molecule has 90 valence electrons. The van der Waals surface area contributed by atoms with E-state index in [0.717, 1.165) is 0 Å². The van der Waals surface area contributed by atoms with Crippen molar-refractivity contribution in [3.63, 3.8) is 0 Å². The fourth-order valence-corrected chi connectivity index (χ4v) is 1.71. The topological polar surface area (TPSA) is 29.9 Å². The van der Waals surface area contributed by atoms with Crippen LogP contribution in [-0.4, -0.2) is 15.6 Å². The summed E-state index contributed by atoms with van der Waals surface area (Å²) in [7, 11) is 0. The standard InChI is InChI=1S/C12H13ClFN3/c1-8(2)16-12-15-6-7-17(12)10-5-3-4-9(13)11(10)14/h3-8H,1-2H3,(H,15,16). The van der Waals surface area contributed by atoms with Crippen molar-refractivity contribution >= 4 is 17.5 Å². The molecular formula is C12H13ClFN3. The Hall–Kier alpha value is -1.55. The van der Waals surface area contributed by atoms with Gasteiger partial charge in [-0.05, 0) is 26.0 Å². The summed E-state index contributed by atoms with van der Waals surface area (Å²) in [4.78, 5) is 4.15. The molecule has 0 aliphatic carbocycles. The molecule has 5 heteroatoms. The summed E-state index contributed by atoms with van der Waals surface area (Å²) >= 11 is 5.76. The second-order valence-electron chi connectivity index (χ2n) is 3.99. The first-order valence-corrected chi connectivity index (χ1v) is 5.71. The van der Waals surface area contributed by atoms with Gasteiger partial charge in [0.25, 0.3) is 0 Å². The van der Waals surface area contributed by atoms with Gasteiger partial charge < -0.3 is 5.32 Å². The summed E-state index contributed by atoms with van der Waals surface area (Å²) < 4.78 is 15.5. The van der Waals surface area contributed by atoms with Crippen LogP contribution < -0.4 is 5.32 Å². The zero-order valence-electron chi connectivity index (χ0n) is 9.61. The number of hydrogen-bond acceptors (Lipinski definition) is 2. The molecule has 1 aromatic heterocycles. The monoisotopic (exact) mass is 253 g/mol. The minimum absolute atomic E-state index is 0.103. The van der Waals surface area contributed by atoms with Crippen LogP contribution in [0.2, 0.25) is 5.02 Å². The number of hydrogen-bond donors (Lipinski definition) is 1. The van der Waals surface area contributed by atoms with Crippen LogP contribution in [0.1, 0.15) is 13.8 Å². The summed E-state index contributed by atoms with van der Waals surface area (Å²) in [6, 6.07) is 5.11. The fraction of sp³-hybridized carbons (Fsp3) is 0.250. The van der Waals surface area contributed by atoms with Crippen LogP contribution in [0.15, 0.2) is 30.6 Å². The van der Waals surface area contributed by atoms with E-state index in [-0.39, 0.29) is 11.1 Å². The predicted molar refractivity (Wildman–Crippen MR) is 67.3 cm³/mol. The lowest BCUT2D eigenvalue weighted by Crippen LogP contribution is -2.14. The zero-order chi connectivity index (χ0) is 12.4. The normalized spacial score (nSPS) is 10.9. The van der Waals surface area contributed by atoms with Crippen LogP contribution in [0.25, 0.3) is 5.69 Å². The number of halogens is 2. The molecular weight excluding hydrogens is 241 g/mol. The van der Waals surface area contributed by atoms with E-state index >= 15 is 0 Å². The molecule has 1 aromatic carbocycles. The van der Waals surface area contributed by atoms with Crippen molar-refractivity contribution in [2.75, 3.05) is 5.32 Å². The highest BCUT2D eigenvalue weighted by atomic mass is 35.5. The Morgan fingerprint density at radius 3 is 2.88 bits per heavy atom. The van der Waals surface area contributed by atoms with Crippen LogP contribution in [0.4, 0.5) is 10.3 Å². The number of nitrogens with one attached hydrogen (secondary N) is 1. The van der Waals surface area contributed by atoms with E-state index in [4.69, 9.17) is 11.6 Å². The van der Waals surface area contributed by atoms with E-state index < -0.39 is 5.82 Å². The third-order valence-corrected chi connectivity index (χ3v) is 2.54. The summed E-state index contributed by atoms with van der Waals surface area (Å²) in [5.41, 5.74) is 0.387. The van der Waals surface area contributed by atoms with Gasteiger partial charge in [-0.3, -0.25) is 4.57 Å². The average Bonchev–Trinajstić information content (AvgIpc) is 2.69. The second kappa shape index (κ2) is 4.75. The van der Waals surface area contributed by atoms with Crippen LogP contribution in [0.3, 0.4) is 0 Å². The van der Waals surface area contributed by atoms with Gasteiger partial charge in [-0.15, -0.1) is 0 Å². The molecule has 0 saturated carbocycles. The summed E-state index contributed by atoms with van der Waals surface area (Å²) in [6.07, 6.45) is 3.31. The van der Waals surface area contributed by atoms with Gasteiger partial charge in [-0.25, -0.2) is 9.37 Å². The third-order valence-electron chi connectivity index (χ3n) is 2.25. The first kappa shape index (κ1) is 11.9. The lowest BCUT2D eigenvalue weighted by Gasteiger charge is -2.13. The molecule has 0 aliphatic heterocycles. The maximum Gasteiger partial charge on any atom is 0.207 e. The van der Waals surface area contributed by atoms with Gasteiger partial charge in [0.2, 0.25) is 5.95 Å². The predicted octanol–water partition coefficient (Wildman–Crippen LogP) is 3.49. The van der Waals surface area contributed by atoms with E-state index in [1.165, 1.54) is 6.07 Å². The molecule has 17 heavy (non-hydrogen) atoms. The Kier molecular flexibility index (Phi) is 3.33. The Labute approximate surface area is 104 Å². The molecule has 0 radical (unpaired) electrons. The molecule has 3 nitrogen and oxygen atoms in total. The van der Waals surface area contributed by atoms with E-state index in [0.29, 0.717) is 11.6 Å². The van der Waals surface area contributed by atoms with Gasteiger partial charge in [0.1, 0.15) is 0 Å². The maximum atomic E-state index is 13.9. The molecule has 2 rings (SSSR count). The number of nitrogens with zero attached hydrogens (tertiary/aromatic N) is 2. The summed E-state index contributed by atoms with van der Waals surface area (Å²) in [5, 5.41) is 3.24. The van der Waals surface area contributed by atoms with Crippen molar-refractivity contribution in [2.24, 2.45) is 0 Å². The Balaban J connectivity index is 2.46. The van der Waals surface area contributed by atoms with E-state index in [1.807, 2.05) is 13.8 Å². The number of benzene rings is 1. The van der Waals surface area contributed by atoms with E-state index in [9.17, 15) is 4.39 Å². The number of imidazole rings is 1. The SMILES string of the molecule is CC(C)Nc1nccn1-c1cccc(Cl)c1F. The highest BCUT2D eigenvalue weighted by Gasteiger charge is 2.12. The maximum absolute atomic E-state index is 13.9. The number of anilines is 1. The minimum Gasteiger partial charge on any atom is -0.353 e. The highest BCUT2D eigenvalue weighted by molar-refractivity contribution is 6.30. The Morgan fingerprint density at radius 1 is 1.41 bits per heavy atom. The van der Waals surface area contributed by atoms with Crippen LogP contribution in [0.5, 0.6) is 0 Å². The highest BCUT2D eigenvalue weighted by Crippen LogP contribution is 2.23. The van der Waals surface area contributed by atoms with Gasteiger partial charge in [0.05, 0.1) is 10.7 Å². The molecule has 0 atom stereocenters. The first-order chi connectivity index (χ1) is 8.09. The van der Waals surface area contributed by atoms with Crippen molar-refractivity contribution in [2.45, 2.75) is 19.9 Å². The van der Waals surface area contributed by atoms with Crippen molar-refractivity contribution in [1.82, 2.24) is 9.55 Å². The third kappa shape index (κ3) is 2.42. The molecule has 2 aromatic rings. The Bertz CT molecular complexity index is 522. The van der Waals surface area contributed by atoms with Crippen LogP contribution in [-0.2, 0) is 0 Å². The molecule has 0 bridgehead atoms. The summed E-state index contributed by atoms with van der Waals surface area (Å²) in [5.74, 6) is 0.153. The first-order valence-electron chi connectivity index (χ1n) is 5.34. The zero-order valence-corrected chi connectivity index (χ0v) is 10.4. The van der Waals surface area contributed by atoms with Crippen LogP contribution >= 0.6 is 11.6 Å². The van der Waals surface area contributed by atoms with Crippen molar-refractivity contribution < 1.29 is 4.39 Å². The van der Waals surface area contributed by atoms with Crippen molar-refractivity contribution in [3.8, 4) is 5.69 Å². The quantitative estimate of drug-likeness (QED) is 0.908. The number of rotatable bonds is 3. The van der Waals surface area contributed by atoms with Gasteiger partial charge in [0.15, 0.2) is 5.82 Å². The second-order valence-corrected chi connectivity index (χ2v) is 4.40. The molecule has 1 heterocycles. The van der Waals surface area contributed by atoms with E-state index in [1.54, 1.807) is 29.1 Å². The number of aromatic nitrogens is 2. The molecule has 0 amide bonds. The van der Waals surface area contributed by atoms with Crippen molar-refractivity contribution in [1.29, 1.82) is 0 Å². The minimum atomic E-state index is -0.445. The lowest BCUT2D eigenvalue weighted by atomic mass is 10.3. The molecule has 0 aliphatic rings. The van der Waals surface area contributed by atoms with Gasteiger partial charge in [-0.2, -0.15) is 0 Å². The Morgan fingerprint density at radius 2 is 2.18 bits per heavy atom. The van der Waals surface area contributed by atoms with Gasteiger partial charge in [0, 0.05) is 18.4 Å². The molecule has 0 unspecified atom stereocenters. The summed E-state index contributed by atoms with van der Waals surface area (Å²) in [6.45, 7) is 3.99. The molecule has 0 fully saturated rings.